The van der Waals surface area contributed by atoms with Crippen LogP contribution in [-0.2, 0) is 4.79 Å². The van der Waals surface area contributed by atoms with Crippen molar-refractivity contribution in [2.75, 3.05) is 25.3 Å². The Kier molecular flexibility index (Phi) is 4.07. The van der Waals surface area contributed by atoms with E-state index in [1.165, 1.54) is 0 Å². The molecule has 110 valence electrons. The zero-order valence-electron chi connectivity index (χ0n) is 11.7. The Hall–Kier alpha value is -1.66. The minimum atomic E-state index is 0.0389. The van der Waals surface area contributed by atoms with E-state index in [0.29, 0.717) is 5.75 Å². The van der Waals surface area contributed by atoms with Gasteiger partial charge in [0, 0.05) is 10.9 Å². The van der Waals surface area contributed by atoms with Crippen LogP contribution >= 0.6 is 23.1 Å². The third-order valence-corrected chi connectivity index (χ3v) is 5.67. The number of thiophene rings is 1. The molecule has 4 nitrogen and oxygen atoms in total. The van der Waals surface area contributed by atoms with Gasteiger partial charge in [0.25, 0.3) is 0 Å². The van der Waals surface area contributed by atoms with Crippen molar-refractivity contribution in [3.8, 4) is 11.5 Å². The van der Waals surface area contributed by atoms with Crippen molar-refractivity contribution in [3.05, 3.63) is 40.1 Å². The molecule has 0 saturated heterocycles. The molecule has 1 amide bonds. The molecule has 1 N–H and O–H groups in total. The van der Waals surface area contributed by atoms with Gasteiger partial charge < -0.3 is 14.8 Å². The first-order valence-corrected chi connectivity index (χ1v) is 8.36. The zero-order chi connectivity index (χ0) is 14.8. The van der Waals surface area contributed by atoms with E-state index in [-0.39, 0.29) is 11.2 Å². The Labute approximate surface area is 131 Å². The van der Waals surface area contributed by atoms with E-state index in [9.17, 15) is 4.79 Å². The molecule has 2 heterocycles. The number of anilines is 1. The van der Waals surface area contributed by atoms with Crippen molar-refractivity contribution >= 4 is 34.7 Å². The molecular weight excluding hydrogens is 306 g/mol. The average Bonchev–Trinajstić information content (AvgIpc) is 2.88. The smallest absolute Gasteiger partial charge is 0.234 e. The maximum atomic E-state index is 11.8. The number of hydrogen-bond donors (Lipinski definition) is 1. The summed E-state index contributed by atoms with van der Waals surface area (Å²) in [7, 11) is 3.28. The van der Waals surface area contributed by atoms with Crippen molar-refractivity contribution in [3.63, 3.8) is 0 Å². The average molecular weight is 321 g/mol. The molecule has 2 aromatic rings. The van der Waals surface area contributed by atoms with Gasteiger partial charge in [-0.15, -0.1) is 23.1 Å². The van der Waals surface area contributed by atoms with Crippen molar-refractivity contribution in [2.24, 2.45) is 0 Å². The molecule has 1 aliphatic rings. The highest BCUT2D eigenvalue weighted by molar-refractivity contribution is 8.00. The summed E-state index contributed by atoms with van der Waals surface area (Å²) < 4.78 is 10.7. The minimum absolute atomic E-state index is 0.0389. The summed E-state index contributed by atoms with van der Waals surface area (Å²) in [6.07, 6.45) is 0. The van der Waals surface area contributed by atoms with Crippen LogP contribution < -0.4 is 14.8 Å². The van der Waals surface area contributed by atoms with Gasteiger partial charge in [0.2, 0.25) is 5.91 Å². The molecule has 0 unspecified atom stereocenters. The fourth-order valence-electron chi connectivity index (χ4n) is 2.28. The molecule has 0 aliphatic carbocycles. The monoisotopic (exact) mass is 321 g/mol. The van der Waals surface area contributed by atoms with Crippen LogP contribution in [0.25, 0.3) is 0 Å². The van der Waals surface area contributed by atoms with Crippen LogP contribution in [0.1, 0.15) is 15.7 Å². The molecule has 1 atom stereocenters. The summed E-state index contributed by atoms with van der Waals surface area (Å²) in [6, 6.07) is 7.80. The number of hydrogen-bond acceptors (Lipinski definition) is 5. The van der Waals surface area contributed by atoms with Crippen LogP contribution in [0.4, 0.5) is 5.69 Å². The molecule has 1 aromatic heterocycles. The van der Waals surface area contributed by atoms with Gasteiger partial charge in [0.05, 0.1) is 30.9 Å². The molecule has 0 bridgehead atoms. The SMILES string of the molecule is COc1cc(OC)cc([C@@H]2SCC(=O)Nc3ccsc32)c1. The molecular formula is C15H15NO3S2. The normalized spacial score (nSPS) is 17.6. The first kappa shape index (κ1) is 14.3. The Bertz CT molecular complexity index is 646. The summed E-state index contributed by atoms with van der Waals surface area (Å²) >= 11 is 3.27. The second-order valence-electron chi connectivity index (χ2n) is 4.58. The van der Waals surface area contributed by atoms with E-state index >= 15 is 0 Å². The van der Waals surface area contributed by atoms with E-state index < -0.39 is 0 Å². The first-order chi connectivity index (χ1) is 10.2. The van der Waals surface area contributed by atoms with E-state index in [1.54, 1.807) is 37.3 Å². The van der Waals surface area contributed by atoms with Gasteiger partial charge in [0.15, 0.2) is 0 Å². The number of amides is 1. The number of rotatable bonds is 3. The van der Waals surface area contributed by atoms with E-state index in [4.69, 9.17) is 9.47 Å². The zero-order valence-corrected chi connectivity index (χ0v) is 13.3. The molecule has 21 heavy (non-hydrogen) atoms. The second-order valence-corrected chi connectivity index (χ2v) is 6.62. The fourth-order valence-corrected chi connectivity index (χ4v) is 4.50. The topological polar surface area (TPSA) is 47.6 Å². The maximum absolute atomic E-state index is 11.8. The van der Waals surface area contributed by atoms with E-state index in [1.807, 2.05) is 29.6 Å². The highest BCUT2D eigenvalue weighted by Crippen LogP contribution is 2.45. The molecule has 1 aromatic carbocycles. The van der Waals surface area contributed by atoms with Crippen LogP contribution in [0.15, 0.2) is 29.6 Å². The van der Waals surface area contributed by atoms with Gasteiger partial charge in [-0.3, -0.25) is 4.79 Å². The lowest BCUT2D eigenvalue weighted by Gasteiger charge is -2.16. The number of nitrogens with one attached hydrogen (secondary N) is 1. The highest BCUT2D eigenvalue weighted by atomic mass is 32.2. The van der Waals surface area contributed by atoms with E-state index in [2.05, 4.69) is 5.32 Å². The first-order valence-electron chi connectivity index (χ1n) is 6.43. The summed E-state index contributed by atoms with van der Waals surface area (Å²) in [6.45, 7) is 0. The quantitative estimate of drug-likeness (QED) is 0.939. The predicted molar refractivity (Wildman–Crippen MR) is 86.8 cm³/mol. The number of thioether (sulfide) groups is 1. The molecule has 0 radical (unpaired) electrons. The Morgan fingerprint density at radius 2 is 1.90 bits per heavy atom. The Morgan fingerprint density at radius 3 is 2.57 bits per heavy atom. The van der Waals surface area contributed by atoms with Crippen LogP contribution in [0.3, 0.4) is 0 Å². The lowest BCUT2D eigenvalue weighted by atomic mass is 10.1. The predicted octanol–water partition coefficient (Wildman–Crippen LogP) is 3.54. The number of carbonyl (C=O) groups is 1. The van der Waals surface area contributed by atoms with Gasteiger partial charge in [-0.2, -0.15) is 0 Å². The van der Waals surface area contributed by atoms with Crippen molar-refractivity contribution in [2.45, 2.75) is 5.25 Å². The van der Waals surface area contributed by atoms with Gasteiger partial charge in [-0.05, 0) is 29.1 Å². The van der Waals surface area contributed by atoms with E-state index in [0.717, 1.165) is 27.6 Å². The summed E-state index contributed by atoms with van der Waals surface area (Å²) in [5.41, 5.74) is 1.98. The third kappa shape index (κ3) is 2.87. The summed E-state index contributed by atoms with van der Waals surface area (Å²) in [5.74, 6) is 1.99. The number of ether oxygens (including phenoxy) is 2. The lowest BCUT2D eigenvalue weighted by Crippen LogP contribution is -2.11. The van der Waals surface area contributed by atoms with Crippen LogP contribution in [0.2, 0.25) is 0 Å². The minimum Gasteiger partial charge on any atom is -0.497 e. The third-order valence-electron chi connectivity index (χ3n) is 3.27. The molecule has 1 aliphatic heterocycles. The molecule has 6 heteroatoms. The van der Waals surface area contributed by atoms with Gasteiger partial charge in [-0.1, -0.05) is 0 Å². The van der Waals surface area contributed by atoms with Crippen LogP contribution in [0.5, 0.6) is 11.5 Å². The maximum Gasteiger partial charge on any atom is 0.234 e. The van der Waals surface area contributed by atoms with Crippen LogP contribution in [-0.4, -0.2) is 25.9 Å². The number of methoxy groups -OCH3 is 2. The van der Waals surface area contributed by atoms with Crippen molar-refractivity contribution in [1.82, 2.24) is 0 Å². The highest BCUT2D eigenvalue weighted by Gasteiger charge is 2.26. The Balaban J connectivity index is 2.06. The van der Waals surface area contributed by atoms with Gasteiger partial charge >= 0.3 is 0 Å². The fraction of sp³-hybridized carbons (Fsp3) is 0.267. The molecule has 0 saturated carbocycles. The van der Waals surface area contributed by atoms with Crippen molar-refractivity contribution < 1.29 is 14.3 Å². The second kappa shape index (κ2) is 5.99. The van der Waals surface area contributed by atoms with Crippen molar-refractivity contribution in [1.29, 1.82) is 0 Å². The summed E-state index contributed by atoms with van der Waals surface area (Å²) in [4.78, 5) is 12.9. The summed E-state index contributed by atoms with van der Waals surface area (Å²) in [5, 5.41) is 5.05. The standard InChI is InChI=1S/C15H15NO3S2/c1-18-10-5-9(6-11(7-10)19-2)14-15-12(3-4-20-15)16-13(17)8-21-14/h3-7,14H,8H2,1-2H3,(H,16,17)/t14-/m0/s1. The molecule has 3 rings (SSSR count). The largest absolute Gasteiger partial charge is 0.497 e. The molecule has 0 fully saturated rings. The van der Waals surface area contributed by atoms with Gasteiger partial charge in [0.1, 0.15) is 11.5 Å². The molecule has 0 spiro atoms. The number of benzene rings is 1. The number of fused-ring (bicyclic) bond motifs is 1. The van der Waals surface area contributed by atoms with Gasteiger partial charge in [-0.25, -0.2) is 0 Å². The lowest BCUT2D eigenvalue weighted by molar-refractivity contribution is -0.113. The number of carbonyl (C=O) groups excluding carboxylic acids is 1. The van der Waals surface area contributed by atoms with Crippen LogP contribution in [0, 0.1) is 0 Å². The Morgan fingerprint density at radius 1 is 1.19 bits per heavy atom.